The first-order valence-corrected chi connectivity index (χ1v) is 6.59. The summed E-state index contributed by atoms with van der Waals surface area (Å²) in [4.78, 5) is 0. The minimum absolute atomic E-state index is 0.0682. The second-order valence-corrected chi connectivity index (χ2v) is 6.07. The maximum absolute atomic E-state index is 11.9. The van der Waals surface area contributed by atoms with Crippen molar-refractivity contribution in [2.24, 2.45) is 5.73 Å². The molecule has 0 aromatic rings. The Kier molecular flexibility index (Phi) is 5.19. The van der Waals surface area contributed by atoms with Crippen LogP contribution in [-0.4, -0.2) is 37.9 Å². The van der Waals surface area contributed by atoms with Gasteiger partial charge in [-0.25, -0.2) is 0 Å². The number of rotatable bonds is 6. The second kappa shape index (κ2) is 5.25. The molecule has 5 nitrogen and oxygen atoms in total. The fraction of sp³-hybridized carbons (Fsp3) is 1.00. The summed E-state index contributed by atoms with van der Waals surface area (Å²) in [5.41, 5.74) is 4.99. The molecule has 1 atom stereocenters. The molecule has 0 aliphatic rings. The van der Waals surface area contributed by atoms with E-state index in [9.17, 15) is 8.42 Å². The van der Waals surface area contributed by atoms with Crippen molar-refractivity contribution in [3.05, 3.63) is 0 Å². The zero-order valence-electron chi connectivity index (χ0n) is 10.2. The van der Waals surface area contributed by atoms with E-state index in [1.165, 1.54) is 4.31 Å². The highest BCUT2D eigenvalue weighted by molar-refractivity contribution is 7.87. The van der Waals surface area contributed by atoms with Crippen molar-refractivity contribution in [1.82, 2.24) is 9.03 Å². The summed E-state index contributed by atoms with van der Waals surface area (Å²) in [5.74, 6) is 0. The molecule has 0 aliphatic heterocycles. The first-order chi connectivity index (χ1) is 6.68. The highest BCUT2D eigenvalue weighted by Gasteiger charge is 2.30. The van der Waals surface area contributed by atoms with Crippen LogP contribution in [0, 0.1) is 0 Å². The summed E-state index contributed by atoms with van der Waals surface area (Å²) in [6.45, 7) is 7.65. The molecular weight excluding hydrogens is 214 g/mol. The van der Waals surface area contributed by atoms with Gasteiger partial charge in [0.1, 0.15) is 0 Å². The molecule has 15 heavy (non-hydrogen) atoms. The van der Waals surface area contributed by atoms with Gasteiger partial charge in [-0.1, -0.05) is 6.92 Å². The lowest BCUT2D eigenvalue weighted by atomic mass is 10.0. The van der Waals surface area contributed by atoms with Crippen LogP contribution < -0.4 is 10.5 Å². The van der Waals surface area contributed by atoms with Crippen LogP contribution in [0.2, 0.25) is 0 Å². The number of hydrogen-bond donors (Lipinski definition) is 2. The summed E-state index contributed by atoms with van der Waals surface area (Å²) >= 11 is 0. The molecule has 0 aliphatic carbocycles. The molecule has 1 unspecified atom stereocenters. The van der Waals surface area contributed by atoms with Crippen LogP contribution in [0.4, 0.5) is 0 Å². The van der Waals surface area contributed by atoms with Gasteiger partial charge in [-0.05, 0) is 27.2 Å². The predicted molar refractivity (Wildman–Crippen MR) is 62.7 cm³/mol. The standard InChI is InChI=1S/C9H23N3O2S/c1-6-9(4,7-10)11-15(13,14)12(5)8(2)3/h8,11H,6-7,10H2,1-5H3. The van der Waals surface area contributed by atoms with E-state index >= 15 is 0 Å². The summed E-state index contributed by atoms with van der Waals surface area (Å²) in [6.07, 6.45) is 0.661. The van der Waals surface area contributed by atoms with Gasteiger partial charge in [0, 0.05) is 25.2 Å². The Hall–Kier alpha value is -0.170. The number of nitrogens with zero attached hydrogens (tertiary/aromatic N) is 1. The molecule has 0 aromatic carbocycles. The van der Waals surface area contributed by atoms with Crippen LogP contribution in [0.15, 0.2) is 0 Å². The fourth-order valence-corrected chi connectivity index (χ4v) is 2.47. The fourth-order valence-electron chi connectivity index (χ4n) is 0.919. The van der Waals surface area contributed by atoms with Gasteiger partial charge in [-0.3, -0.25) is 0 Å². The quantitative estimate of drug-likeness (QED) is 0.697. The molecule has 0 spiro atoms. The van der Waals surface area contributed by atoms with Gasteiger partial charge in [0.05, 0.1) is 0 Å². The van der Waals surface area contributed by atoms with Crippen LogP contribution in [-0.2, 0) is 10.2 Å². The first-order valence-electron chi connectivity index (χ1n) is 5.15. The van der Waals surface area contributed by atoms with Gasteiger partial charge >= 0.3 is 0 Å². The van der Waals surface area contributed by atoms with E-state index in [-0.39, 0.29) is 12.6 Å². The van der Waals surface area contributed by atoms with Crippen LogP contribution >= 0.6 is 0 Å². The Morgan fingerprint density at radius 3 is 2.20 bits per heavy atom. The van der Waals surface area contributed by atoms with E-state index in [1.54, 1.807) is 14.0 Å². The van der Waals surface area contributed by atoms with E-state index in [0.717, 1.165) is 0 Å². The van der Waals surface area contributed by atoms with E-state index < -0.39 is 15.7 Å². The molecule has 0 saturated heterocycles. The Morgan fingerprint density at radius 2 is 1.93 bits per heavy atom. The number of hydrogen-bond acceptors (Lipinski definition) is 3. The predicted octanol–water partition coefficient (Wildman–Crippen LogP) is 0.288. The maximum atomic E-state index is 11.9. The molecule has 0 rings (SSSR count). The molecule has 0 heterocycles. The Morgan fingerprint density at radius 1 is 1.47 bits per heavy atom. The summed E-state index contributed by atoms with van der Waals surface area (Å²) < 4.78 is 27.7. The highest BCUT2D eigenvalue weighted by atomic mass is 32.2. The van der Waals surface area contributed by atoms with Crippen LogP contribution in [0.3, 0.4) is 0 Å². The Balaban J connectivity index is 4.79. The average molecular weight is 237 g/mol. The zero-order chi connectivity index (χ0) is 12.3. The molecule has 0 saturated carbocycles. The highest BCUT2D eigenvalue weighted by Crippen LogP contribution is 2.11. The van der Waals surface area contributed by atoms with Crippen molar-refractivity contribution < 1.29 is 8.42 Å². The second-order valence-electron chi connectivity index (χ2n) is 4.34. The molecular formula is C9H23N3O2S. The lowest BCUT2D eigenvalue weighted by Gasteiger charge is -2.31. The lowest BCUT2D eigenvalue weighted by molar-refractivity contribution is 0.360. The Bertz CT molecular complexity index is 284. The van der Waals surface area contributed by atoms with E-state index in [2.05, 4.69) is 4.72 Å². The van der Waals surface area contributed by atoms with E-state index in [1.807, 2.05) is 20.8 Å². The van der Waals surface area contributed by atoms with Gasteiger partial charge in [0.2, 0.25) is 0 Å². The number of nitrogens with one attached hydrogen (secondary N) is 1. The van der Waals surface area contributed by atoms with Crippen LogP contribution in [0.25, 0.3) is 0 Å². The molecule has 0 fully saturated rings. The minimum atomic E-state index is -3.44. The molecule has 3 N–H and O–H groups in total. The van der Waals surface area contributed by atoms with Crippen molar-refractivity contribution in [2.75, 3.05) is 13.6 Å². The minimum Gasteiger partial charge on any atom is -0.329 e. The molecule has 92 valence electrons. The van der Waals surface area contributed by atoms with E-state index in [4.69, 9.17) is 5.73 Å². The molecule has 0 radical (unpaired) electrons. The van der Waals surface area contributed by atoms with Gasteiger partial charge < -0.3 is 5.73 Å². The van der Waals surface area contributed by atoms with Crippen molar-refractivity contribution in [3.8, 4) is 0 Å². The van der Waals surface area contributed by atoms with Crippen molar-refractivity contribution in [3.63, 3.8) is 0 Å². The van der Waals surface area contributed by atoms with E-state index in [0.29, 0.717) is 6.42 Å². The smallest absolute Gasteiger partial charge is 0.279 e. The van der Waals surface area contributed by atoms with Gasteiger partial charge in [0.15, 0.2) is 0 Å². The van der Waals surface area contributed by atoms with Gasteiger partial charge in [-0.2, -0.15) is 17.4 Å². The normalized spacial score (nSPS) is 17.1. The maximum Gasteiger partial charge on any atom is 0.279 e. The zero-order valence-corrected chi connectivity index (χ0v) is 11.1. The third-order valence-electron chi connectivity index (χ3n) is 2.71. The lowest BCUT2D eigenvalue weighted by Crippen LogP contribution is -2.55. The topological polar surface area (TPSA) is 75.4 Å². The monoisotopic (exact) mass is 237 g/mol. The van der Waals surface area contributed by atoms with Crippen molar-refractivity contribution >= 4 is 10.2 Å². The molecule has 0 aromatic heterocycles. The average Bonchev–Trinajstić information content (AvgIpc) is 2.15. The largest absolute Gasteiger partial charge is 0.329 e. The summed E-state index contributed by atoms with van der Waals surface area (Å²) in [7, 11) is -1.88. The first kappa shape index (κ1) is 14.8. The van der Waals surface area contributed by atoms with Crippen molar-refractivity contribution in [1.29, 1.82) is 0 Å². The van der Waals surface area contributed by atoms with Crippen LogP contribution in [0.1, 0.15) is 34.1 Å². The van der Waals surface area contributed by atoms with Crippen molar-refractivity contribution in [2.45, 2.75) is 45.7 Å². The van der Waals surface area contributed by atoms with Gasteiger partial charge in [0.25, 0.3) is 10.2 Å². The van der Waals surface area contributed by atoms with Crippen LogP contribution in [0.5, 0.6) is 0 Å². The van der Waals surface area contributed by atoms with Gasteiger partial charge in [-0.15, -0.1) is 0 Å². The molecule has 0 amide bonds. The number of nitrogens with two attached hydrogens (primary N) is 1. The Labute approximate surface area is 93.2 Å². The summed E-state index contributed by atoms with van der Waals surface area (Å²) in [6, 6.07) is -0.0682. The molecule has 6 heteroatoms. The third-order valence-corrected chi connectivity index (χ3v) is 4.64. The summed E-state index contributed by atoms with van der Waals surface area (Å²) in [5, 5.41) is 0. The SMILES string of the molecule is CCC(C)(CN)NS(=O)(=O)N(C)C(C)C. The molecule has 0 bridgehead atoms. The third kappa shape index (κ3) is 4.06.